The van der Waals surface area contributed by atoms with Gasteiger partial charge in [0.1, 0.15) is 23.2 Å². The number of carbonyl (C=O) groups is 1. The van der Waals surface area contributed by atoms with E-state index in [4.69, 9.17) is 9.47 Å². The van der Waals surface area contributed by atoms with Crippen molar-refractivity contribution < 1.29 is 19.4 Å². The molecule has 1 N–H and O–H groups in total. The second kappa shape index (κ2) is 8.56. The van der Waals surface area contributed by atoms with Gasteiger partial charge in [0, 0.05) is 13.3 Å². The van der Waals surface area contributed by atoms with Gasteiger partial charge in [0.15, 0.2) is 0 Å². The van der Waals surface area contributed by atoms with Gasteiger partial charge in [0.25, 0.3) is 0 Å². The monoisotopic (exact) mass is 361 g/mol. The molecule has 0 fully saturated rings. The van der Waals surface area contributed by atoms with Gasteiger partial charge in [-0.1, -0.05) is 19.8 Å². The van der Waals surface area contributed by atoms with Gasteiger partial charge >= 0.3 is 5.97 Å². The first-order valence-electron chi connectivity index (χ1n) is 9.47. The van der Waals surface area contributed by atoms with E-state index in [1.54, 1.807) is 0 Å². The van der Waals surface area contributed by atoms with Crippen molar-refractivity contribution in [1.82, 2.24) is 0 Å². The quantitative estimate of drug-likeness (QED) is 0.576. The Balaban J connectivity index is 2.29. The molecule has 1 heterocycles. The minimum absolute atomic E-state index is 0.211. The minimum atomic E-state index is -0.398. The molecule has 1 aliphatic heterocycles. The highest BCUT2D eigenvalue weighted by Crippen LogP contribution is 2.39. The predicted molar refractivity (Wildman–Crippen MR) is 103 cm³/mol. The summed E-state index contributed by atoms with van der Waals surface area (Å²) < 4.78 is 11.3. The van der Waals surface area contributed by atoms with Crippen LogP contribution in [-0.4, -0.2) is 35.0 Å². The van der Waals surface area contributed by atoms with Crippen LogP contribution >= 0.6 is 0 Å². The molecule has 0 radical (unpaired) electrons. The number of rotatable bonds is 7. The van der Waals surface area contributed by atoms with Crippen LogP contribution in [0, 0.1) is 0 Å². The number of benzene rings is 1. The summed E-state index contributed by atoms with van der Waals surface area (Å²) in [4.78, 5) is 15.7. The number of unbranched alkanes of at least 4 members (excludes halogenated alkanes) is 2. The van der Waals surface area contributed by atoms with Crippen LogP contribution in [-0.2, 0) is 16.0 Å². The Bertz CT molecular complexity index is 679. The Morgan fingerprint density at radius 3 is 2.77 bits per heavy atom. The van der Waals surface area contributed by atoms with Crippen molar-refractivity contribution in [1.29, 1.82) is 0 Å². The first kappa shape index (κ1) is 20.3. The molecule has 0 saturated heterocycles. The molecule has 0 aromatic heterocycles. The number of nitrogens with zero attached hydrogens (tertiary/aromatic N) is 1. The molecule has 5 nitrogen and oxygen atoms in total. The Morgan fingerprint density at radius 1 is 1.38 bits per heavy atom. The van der Waals surface area contributed by atoms with E-state index in [9.17, 15) is 9.90 Å². The van der Waals surface area contributed by atoms with Crippen LogP contribution in [0.1, 0.15) is 71.4 Å². The van der Waals surface area contributed by atoms with Crippen molar-refractivity contribution in [2.24, 2.45) is 4.99 Å². The van der Waals surface area contributed by atoms with Crippen LogP contribution in [0.2, 0.25) is 0 Å². The Hall–Kier alpha value is -2.04. The van der Waals surface area contributed by atoms with Crippen LogP contribution in [0.25, 0.3) is 0 Å². The number of aliphatic imine (C=N–C) groups is 1. The maximum absolute atomic E-state index is 11.1. The lowest BCUT2D eigenvalue weighted by atomic mass is 9.90. The summed E-state index contributed by atoms with van der Waals surface area (Å²) in [5.74, 6) is 0.583. The van der Waals surface area contributed by atoms with Crippen LogP contribution in [0.4, 0.5) is 0 Å². The molecular formula is C21H31NO4. The summed E-state index contributed by atoms with van der Waals surface area (Å²) in [6.45, 7) is 9.77. The molecular weight excluding hydrogens is 330 g/mol. The number of phenolic OH excluding ortho intramolecular Hbond substituents is 1. The normalized spacial score (nSPS) is 18.1. The van der Waals surface area contributed by atoms with E-state index >= 15 is 0 Å². The average molecular weight is 361 g/mol. The van der Waals surface area contributed by atoms with E-state index in [1.165, 1.54) is 13.3 Å². The molecule has 0 aliphatic carbocycles. The Morgan fingerprint density at radius 2 is 2.12 bits per heavy atom. The molecule has 0 amide bonds. The van der Waals surface area contributed by atoms with Crippen molar-refractivity contribution in [2.75, 3.05) is 6.54 Å². The summed E-state index contributed by atoms with van der Waals surface area (Å²) >= 11 is 0. The van der Waals surface area contributed by atoms with Crippen molar-refractivity contribution in [2.45, 2.75) is 78.4 Å². The van der Waals surface area contributed by atoms with E-state index in [1.807, 2.05) is 32.9 Å². The van der Waals surface area contributed by atoms with Crippen molar-refractivity contribution in [3.8, 4) is 11.5 Å². The van der Waals surface area contributed by atoms with Crippen LogP contribution in [0.5, 0.6) is 11.5 Å². The molecule has 1 atom stereocenters. The third-order valence-electron chi connectivity index (χ3n) is 4.38. The van der Waals surface area contributed by atoms with Gasteiger partial charge in [-0.2, -0.15) is 0 Å². The van der Waals surface area contributed by atoms with Gasteiger partial charge in [-0.3, -0.25) is 9.79 Å². The standard InChI is InChI=1S/C21H31NO4/c1-6-7-8-9-16-10-18(24)20-17(22-13-14(2)25-15(3)23)12-21(4,5)26-19(20)11-16/h10-11,14,24H,6-9,12-13H2,1-5H3. The molecule has 5 heteroatoms. The van der Waals surface area contributed by atoms with Crippen LogP contribution < -0.4 is 4.74 Å². The lowest BCUT2D eigenvalue weighted by molar-refractivity contribution is -0.144. The molecule has 2 rings (SSSR count). The second-order valence-electron chi connectivity index (χ2n) is 7.69. The predicted octanol–water partition coefficient (Wildman–Crippen LogP) is 4.43. The highest BCUT2D eigenvalue weighted by molar-refractivity contribution is 6.06. The van der Waals surface area contributed by atoms with E-state index in [0.29, 0.717) is 24.3 Å². The maximum atomic E-state index is 11.1. The number of phenols is 1. The van der Waals surface area contributed by atoms with Gasteiger partial charge in [-0.25, -0.2) is 0 Å². The van der Waals surface area contributed by atoms with Gasteiger partial charge in [0.2, 0.25) is 0 Å². The fourth-order valence-electron chi connectivity index (χ4n) is 3.27. The third-order valence-corrected chi connectivity index (χ3v) is 4.38. The topological polar surface area (TPSA) is 68.1 Å². The summed E-state index contributed by atoms with van der Waals surface area (Å²) in [7, 11) is 0. The average Bonchev–Trinajstić information content (AvgIpc) is 2.50. The molecule has 1 aliphatic rings. The maximum Gasteiger partial charge on any atom is 0.302 e. The van der Waals surface area contributed by atoms with Gasteiger partial charge in [-0.15, -0.1) is 0 Å². The van der Waals surface area contributed by atoms with Crippen LogP contribution in [0.15, 0.2) is 17.1 Å². The largest absolute Gasteiger partial charge is 0.507 e. The SMILES string of the molecule is CCCCCc1cc(O)c2c(c1)OC(C)(C)CC2=NCC(C)OC(C)=O. The molecule has 0 bridgehead atoms. The summed E-state index contributed by atoms with van der Waals surface area (Å²) in [6, 6.07) is 3.85. The second-order valence-corrected chi connectivity index (χ2v) is 7.69. The highest BCUT2D eigenvalue weighted by atomic mass is 16.5. The van der Waals surface area contributed by atoms with Crippen molar-refractivity contribution >= 4 is 11.7 Å². The molecule has 26 heavy (non-hydrogen) atoms. The van der Waals surface area contributed by atoms with E-state index in [-0.39, 0.29) is 17.8 Å². The third kappa shape index (κ3) is 5.48. The van der Waals surface area contributed by atoms with Gasteiger partial charge < -0.3 is 14.6 Å². The fourth-order valence-corrected chi connectivity index (χ4v) is 3.27. The van der Waals surface area contributed by atoms with Crippen LogP contribution in [0.3, 0.4) is 0 Å². The fraction of sp³-hybridized carbons (Fsp3) is 0.619. The zero-order valence-electron chi connectivity index (χ0n) is 16.6. The molecule has 1 aromatic carbocycles. The number of aryl methyl sites for hydroxylation is 1. The van der Waals surface area contributed by atoms with Crippen molar-refractivity contribution in [3.63, 3.8) is 0 Å². The lowest BCUT2D eigenvalue weighted by Crippen LogP contribution is -2.36. The lowest BCUT2D eigenvalue weighted by Gasteiger charge is -2.34. The number of ether oxygens (including phenoxy) is 2. The summed E-state index contributed by atoms with van der Waals surface area (Å²) in [6.07, 6.45) is 4.65. The zero-order chi connectivity index (χ0) is 19.3. The summed E-state index contributed by atoms with van der Waals surface area (Å²) in [5, 5.41) is 10.6. The zero-order valence-corrected chi connectivity index (χ0v) is 16.6. The van der Waals surface area contributed by atoms with Gasteiger partial charge in [0.05, 0.1) is 17.8 Å². The number of hydrogen-bond donors (Lipinski definition) is 1. The smallest absolute Gasteiger partial charge is 0.302 e. The molecule has 1 unspecified atom stereocenters. The molecule has 0 spiro atoms. The minimum Gasteiger partial charge on any atom is -0.507 e. The highest BCUT2D eigenvalue weighted by Gasteiger charge is 2.33. The van der Waals surface area contributed by atoms with E-state index < -0.39 is 5.60 Å². The first-order valence-corrected chi connectivity index (χ1v) is 9.47. The van der Waals surface area contributed by atoms with E-state index in [2.05, 4.69) is 11.9 Å². The number of fused-ring (bicyclic) bond motifs is 1. The van der Waals surface area contributed by atoms with E-state index in [0.717, 1.165) is 30.5 Å². The Labute approximate surface area is 156 Å². The number of carbonyl (C=O) groups excluding carboxylic acids is 1. The van der Waals surface area contributed by atoms with Gasteiger partial charge in [-0.05, 0) is 51.3 Å². The summed E-state index contributed by atoms with van der Waals surface area (Å²) in [5.41, 5.74) is 2.15. The van der Waals surface area contributed by atoms with Crippen molar-refractivity contribution in [3.05, 3.63) is 23.3 Å². The molecule has 1 aromatic rings. The number of esters is 1. The Kier molecular flexibility index (Phi) is 6.68. The molecule has 0 saturated carbocycles. The number of aromatic hydroxyl groups is 1. The first-order chi connectivity index (χ1) is 12.2. The molecule has 144 valence electrons. The number of hydrogen-bond acceptors (Lipinski definition) is 5.